The van der Waals surface area contributed by atoms with Crippen LogP contribution in [-0.2, 0) is 16.1 Å². The molecule has 1 aromatic rings. The topological polar surface area (TPSA) is 73.1 Å². The molecule has 2 rings (SSSR count). The Morgan fingerprint density at radius 2 is 2.53 bits per heavy atom. The second-order valence-electron chi connectivity index (χ2n) is 3.53. The summed E-state index contributed by atoms with van der Waals surface area (Å²) in [5, 5.41) is 10.6. The molecule has 7 nitrogen and oxygen atoms in total. The molecule has 0 unspecified atom stereocenters. The first-order valence-electron chi connectivity index (χ1n) is 4.86. The molecule has 0 radical (unpaired) electrons. The Morgan fingerprint density at radius 3 is 3.20 bits per heavy atom. The number of nitrogens with zero attached hydrogens (tertiary/aromatic N) is 5. The highest BCUT2D eigenvalue weighted by atomic mass is 16.5. The molecule has 82 valence electrons. The van der Waals surface area contributed by atoms with Gasteiger partial charge < -0.3 is 9.64 Å². The minimum Gasteiger partial charge on any atom is -0.375 e. The van der Waals surface area contributed by atoms with Crippen LogP contribution < -0.4 is 0 Å². The average molecular weight is 211 g/mol. The standard InChI is InChI=1S/C8H13N5O2/c1-7-4-12(2-3-15-7)8(14)5-13-6-9-10-11-13/h6-7H,2-5H2,1H3/t7-/m0/s1. The molecule has 1 fully saturated rings. The van der Waals surface area contributed by atoms with Crippen molar-refractivity contribution < 1.29 is 9.53 Å². The molecule has 1 atom stereocenters. The first-order valence-corrected chi connectivity index (χ1v) is 4.86. The fraction of sp³-hybridized carbons (Fsp3) is 0.750. The molecule has 7 heteroatoms. The predicted molar refractivity (Wildman–Crippen MR) is 49.8 cm³/mol. The Kier molecular flexibility index (Phi) is 2.91. The fourth-order valence-electron chi connectivity index (χ4n) is 1.54. The summed E-state index contributed by atoms with van der Waals surface area (Å²) in [5.74, 6) is 0.0254. The zero-order chi connectivity index (χ0) is 10.7. The molecule has 0 saturated carbocycles. The van der Waals surface area contributed by atoms with Gasteiger partial charge in [-0.05, 0) is 17.4 Å². The fourth-order valence-corrected chi connectivity index (χ4v) is 1.54. The van der Waals surface area contributed by atoms with E-state index in [1.807, 2.05) is 6.92 Å². The van der Waals surface area contributed by atoms with E-state index in [0.29, 0.717) is 19.7 Å². The van der Waals surface area contributed by atoms with Crippen molar-refractivity contribution in [3.63, 3.8) is 0 Å². The first kappa shape index (κ1) is 10.0. The Balaban J connectivity index is 1.90. The van der Waals surface area contributed by atoms with Crippen molar-refractivity contribution in [3.8, 4) is 0 Å². The van der Waals surface area contributed by atoms with Gasteiger partial charge in [-0.25, -0.2) is 4.68 Å². The van der Waals surface area contributed by atoms with E-state index in [0.717, 1.165) is 0 Å². The molecule has 0 N–H and O–H groups in total. The molecule has 1 aromatic heterocycles. The van der Waals surface area contributed by atoms with Gasteiger partial charge in [-0.1, -0.05) is 0 Å². The number of amides is 1. The maximum atomic E-state index is 11.8. The Hall–Kier alpha value is -1.50. The van der Waals surface area contributed by atoms with Crippen molar-refractivity contribution in [1.29, 1.82) is 0 Å². The van der Waals surface area contributed by atoms with Gasteiger partial charge >= 0.3 is 0 Å². The van der Waals surface area contributed by atoms with Gasteiger partial charge in [0, 0.05) is 13.1 Å². The SMILES string of the molecule is C[C@H]1CN(C(=O)Cn2cnnn2)CCO1. The Labute approximate surface area is 87.0 Å². The zero-order valence-corrected chi connectivity index (χ0v) is 8.54. The second kappa shape index (κ2) is 4.35. The third kappa shape index (κ3) is 2.50. The van der Waals surface area contributed by atoms with Crippen LogP contribution in [0.5, 0.6) is 0 Å². The molecule has 0 aliphatic carbocycles. The van der Waals surface area contributed by atoms with Crippen LogP contribution in [0.15, 0.2) is 6.33 Å². The van der Waals surface area contributed by atoms with Crippen LogP contribution in [0.3, 0.4) is 0 Å². The molecule has 15 heavy (non-hydrogen) atoms. The summed E-state index contributed by atoms with van der Waals surface area (Å²) < 4.78 is 6.77. The summed E-state index contributed by atoms with van der Waals surface area (Å²) in [7, 11) is 0. The van der Waals surface area contributed by atoms with E-state index < -0.39 is 0 Å². The average Bonchev–Trinajstić information content (AvgIpc) is 2.70. The van der Waals surface area contributed by atoms with Crippen molar-refractivity contribution in [1.82, 2.24) is 25.1 Å². The lowest BCUT2D eigenvalue weighted by Gasteiger charge is -2.31. The summed E-state index contributed by atoms with van der Waals surface area (Å²) in [5.41, 5.74) is 0. The van der Waals surface area contributed by atoms with Crippen molar-refractivity contribution in [3.05, 3.63) is 6.33 Å². The van der Waals surface area contributed by atoms with Crippen molar-refractivity contribution >= 4 is 5.91 Å². The van der Waals surface area contributed by atoms with Gasteiger partial charge in [-0.2, -0.15) is 0 Å². The minimum absolute atomic E-state index is 0.0254. The van der Waals surface area contributed by atoms with Gasteiger partial charge in [0.15, 0.2) is 0 Å². The summed E-state index contributed by atoms with van der Waals surface area (Å²) in [6.07, 6.45) is 1.54. The summed E-state index contributed by atoms with van der Waals surface area (Å²) in [4.78, 5) is 13.5. The molecular formula is C8H13N5O2. The van der Waals surface area contributed by atoms with Crippen LogP contribution in [-0.4, -0.2) is 56.8 Å². The summed E-state index contributed by atoms with van der Waals surface area (Å²) >= 11 is 0. The van der Waals surface area contributed by atoms with E-state index in [9.17, 15) is 4.79 Å². The van der Waals surface area contributed by atoms with Crippen LogP contribution in [0.2, 0.25) is 0 Å². The lowest BCUT2D eigenvalue weighted by atomic mass is 10.3. The molecule has 1 aliphatic heterocycles. The monoisotopic (exact) mass is 211 g/mol. The van der Waals surface area contributed by atoms with Crippen molar-refractivity contribution in [2.24, 2.45) is 0 Å². The highest BCUT2D eigenvalue weighted by Gasteiger charge is 2.21. The predicted octanol–water partition coefficient (Wildman–Crippen LogP) is -1.08. The molecule has 1 saturated heterocycles. The second-order valence-corrected chi connectivity index (χ2v) is 3.53. The molecule has 2 heterocycles. The van der Waals surface area contributed by atoms with Crippen LogP contribution in [0.4, 0.5) is 0 Å². The van der Waals surface area contributed by atoms with E-state index >= 15 is 0 Å². The normalized spacial score (nSPS) is 21.7. The summed E-state index contributed by atoms with van der Waals surface area (Å²) in [6, 6.07) is 0. The Bertz CT molecular complexity index is 326. The van der Waals surface area contributed by atoms with Gasteiger partial charge in [-0.15, -0.1) is 5.10 Å². The number of carbonyl (C=O) groups excluding carboxylic acids is 1. The van der Waals surface area contributed by atoms with Gasteiger partial charge in [0.25, 0.3) is 0 Å². The van der Waals surface area contributed by atoms with Crippen LogP contribution in [0, 0.1) is 0 Å². The summed E-state index contributed by atoms with van der Waals surface area (Å²) in [6.45, 7) is 4.03. The molecule has 0 bridgehead atoms. The highest BCUT2D eigenvalue weighted by Crippen LogP contribution is 2.04. The van der Waals surface area contributed by atoms with E-state index in [2.05, 4.69) is 15.5 Å². The zero-order valence-electron chi connectivity index (χ0n) is 8.54. The minimum atomic E-state index is 0.0254. The number of hydrogen-bond acceptors (Lipinski definition) is 5. The smallest absolute Gasteiger partial charge is 0.244 e. The highest BCUT2D eigenvalue weighted by molar-refractivity contribution is 5.75. The van der Waals surface area contributed by atoms with E-state index in [-0.39, 0.29) is 18.6 Å². The number of hydrogen-bond donors (Lipinski definition) is 0. The number of ether oxygens (including phenoxy) is 1. The van der Waals surface area contributed by atoms with E-state index in [4.69, 9.17) is 4.74 Å². The number of tetrazole rings is 1. The largest absolute Gasteiger partial charge is 0.375 e. The van der Waals surface area contributed by atoms with Crippen molar-refractivity contribution in [2.75, 3.05) is 19.7 Å². The van der Waals surface area contributed by atoms with Gasteiger partial charge in [-0.3, -0.25) is 4.79 Å². The quantitative estimate of drug-likeness (QED) is 0.622. The number of rotatable bonds is 2. The van der Waals surface area contributed by atoms with Crippen molar-refractivity contribution in [2.45, 2.75) is 19.6 Å². The third-order valence-corrected chi connectivity index (χ3v) is 2.28. The van der Waals surface area contributed by atoms with Gasteiger partial charge in [0.2, 0.25) is 5.91 Å². The van der Waals surface area contributed by atoms with E-state index in [1.54, 1.807) is 4.90 Å². The third-order valence-electron chi connectivity index (χ3n) is 2.28. The lowest BCUT2D eigenvalue weighted by Crippen LogP contribution is -2.45. The van der Waals surface area contributed by atoms with Crippen LogP contribution >= 0.6 is 0 Å². The molecule has 1 aliphatic rings. The number of aromatic nitrogens is 4. The molecule has 0 spiro atoms. The maximum Gasteiger partial charge on any atom is 0.244 e. The number of carbonyl (C=O) groups is 1. The maximum absolute atomic E-state index is 11.8. The number of morpholine rings is 1. The first-order chi connectivity index (χ1) is 7.25. The lowest BCUT2D eigenvalue weighted by molar-refractivity contribution is -0.139. The molecule has 1 amide bonds. The van der Waals surface area contributed by atoms with E-state index in [1.165, 1.54) is 11.0 Å². The van der Waals surface area contributed by atoms with Gasteiger partial charge in [0.1, 0.15) is 12.9 Å². The Morgan fingerprint density at radius 1 is 1.67 bits per heavy atom. The van der Waals surface area contributed by atoms with Gasteiger partial charge in [0.05, 0.1) is 12.7 Å². The van der Waals surface area contributed by atoms with Crippen LogP contribution in [0.1, 0.15) is 6.92 Å². The molecular weight excluding hydrogens is 198 g/mol. The molecule has 0 aromatic carbocycles. The van der Waals surface area contributed by atoms with Crippen LogP contribution in [0.25, 0.3) is 0 Å².